The third-order valence-electron chi connectivity index (χ3n) is 3.65. The number of amides is 1. The van der Waals surface area contributed by atoms with Crippen molar-refractivity contribution in [3.05, 3.63) is 0 Å². The zero-order valence-corrected chi connectivity index (χ0v) is 13.5. The highest BCUT2D eigenvalue weighted by atomic mass is 16.7. The minimum atomic E-state index is -0.187. The number of hydrogen-bond acceptors (Lipinski definition) is 4. The summed E-state index contributed by atoms with van der Waals surface area (Å²) in [5, 5.41) is 10.3. The predicted molar refractivity (Wildman–Crippen MR) is 84.0 cm³/mol. The molecule has 0 fully saturated rings. The van der Waals surface area contributed by atoms with E-state index < -0.39 is 0 Å². The minimum Gasteiger partial charge on any atom is -0.396 e. The molecule has 0 aliphatic carbocycles. The number of hydrogen-bond donors (Lipinski definition) is 1. The first-order valence-electron chi connectivity index (χ1n) is 8.36. The Morgan fingerprint density at radius 2 is 2.00 bits per heavy atom. The Labute approximate surface area is 128 Å². The monoisotopic (exact) mass is 298 g/mol. The van der Waals surface area contributed by atoms with Crippen molar-refractivity contribution in [3.63, 3.8) is 0 Å². The smallest absolute Gasteiger partial charge is 0.254 e. The molecule has 1 atom stereocenters. The van der Waals surface area contributed by atoms with Crippen LogP contribution in [0.1, 0.15) is 71.6 Å². The molecule has 0 aromatic heterocycles. The second-order valence-electron chi connectivity index (χ2n) is 5.60. The topological polar surface area (TPSA) is 62.1 Å². The van der Waals surface area contributed by atoms with Gasteiger partial charge in [-0.15, -0.1) is 0 Å². The van der Waals surface area contributed by atoms with E-state index in [1.807, 2.05) is 0 Å². The van der Waals surface area contributed by atoms with Crippen LogP contribution in [0.2, 0.25) is 0 Å². The van der Waals surface area contributed by atoms with Gasteiger partial charge in [0.25, 0.3) is 5.91 Å². The van der Waals surface area contributed by atoms with Gasteiger partial charge >= 0.3 is 0 Å². The summed E-state index contributed by atoms with van der Waals surface area (Å²) in [5.74, 6) is 0.543. The van der Waals surface area contributed by atoms with Crippen LogP contribution in [0.5, 0.6) is 0 Å². The van der Waals surface area contributed by atoms with Crippen LogP contribution in [0, 0.1) is 0 Å². The van der Waals surface area contributed by atoms with Gasteiger partial charge in [0, 0.05) is 6.42 Å². The molecule has 5 nitrogen and oxygen atoms in total. The van der Waals surface area contributed by atoms with Crippen molar-refractivity contribution >= 4 is 11.7 Å². The predicted octanol–water partition coefficient (Wildman–Crippen LogP) is 3.07. The minimum absolute atomic E-state index is 0.00545. The summed E-state index contributed by atoms with van der Waals surface area (Å²) in [6.45, 7) is 4.82. The molecule has 5 heteroatoms. The molecule has 0 aromatic carbocycles. The Bertz CT molecular complexity index is 331. The second kappa shape index (κ2) is 10.7. The molecule has 122 valence electrons. The molecule has 1 heterocycles. The number of unbranched alkanes of at least 4 members (excludes halogenated alkanes) is 4. The molecule has 0 radical (unpaired) electrons. The quantitative estimate of drug-likeness (QED) is 0.630. The van der Waals surface area contributed by atoms with Crippen molar-refractivity contribution in [1.82, 2.24) is 5.06 Å². The first kappa shape index (κ1) is 18.1. The van der Waals surface area contributed by atoms with Crippen LogP contribution >= 0.6 is 0 Å². The van der Waals surface area contributed by atoms with Gasteiger partial charge in [-0.1, -0.05) is 46.0 Å². The molecule has 1 aliphatic rings. The SMILES string of the molecule is CCCCCC1=NCC(CCCCC)ON1C(=O)CCO. The van der Waals surface area contributed by atoms with Gasteiger partial charge in [0.1, 0.15) is 11.9 Å². The van der Waals surface area contributed by atoms with E-state index in [1.54, 1.807) is 0 Å². The van der Waals surface area contributed by atoms with Crippen LogP contribution in [0.4, 0.5) is 0 Å². The Morgan fingerprint density at radius 3 is 2.67 bits per heavy atom. The van der Waals surface area contributed by atoms with Crippen LogP contribution in [-0.4, -0.2) is 41.2 Å². The highest BCUT2D eigenvalue weighted by Gasteiger charge is 2.27. The van der Waals surface area contributed by atoms with E-state index in [9.17, 15) is 4.79 Å². The van der Waals surface area contributed by atoms with Gasteiger partial charge in [-0.2, -0.15) is 5.06 Å². The van der Waals surface area contributed by atoms with Gasteiger partial charge in [-0.05, 0) is 12.8 Å². The molecule has 1 amide bonds. The number of amidine groups is 1. The standard InChI is InChI=1S/C16H30N2O3/c1-3-5-7-9-14-13-17-15(10-8-6-4-2)18(21-14)16(20)11-12-19/h14,19H,3-13H2,1-2H3. The average molecular weight is 298 g/mol. The number of aliphatic hydroxyl groups excluding tert-OH is 1. The lowest BCUT2D eigenvalue weighted by molar-refractivity contribution is -0.183. The summed E-state index contributed by atoms with van der Waals surface area (Å²) >= 11 is 0. The molecule has 0 saturated carbocycles. The van der Waals surface area contributed by atoms with Gasteiger partial charge in [0.05, 0.1) is 19.6 Å². The fourth-order valence-electron chi connectivity index (χ4n) is 2.39. The average Bonchev–Trinajstić information content (AvgIpc) is 2.49. The number of aliphatic imine (C=N–C) groups is 1. The number of rotatable bonds is 10. The lowest BCUT2D eigenvalue weighted by atomic mass is 10.1. The van der Waals surface area contributed by atoms with Gasteiger partial charge in [0.15, 0.2) is 0 Å². The Balaban J connectivity index is 2.58. The van der Waals surface area contributed by atoms with E-state index in [4.69, 9.17) is 9.94 Å². The summed E-state index contributed by atoms with van der Waals surface area (Å²) in [6, 6.07) is 0. The van der Waals surface area contributed by atoms with Crippen LogP contribution in [-0.2, 0) is 9.63 Å². The van der Waals surface area contributed by atoms with E-state index in [0.717, 1.165) is 44.4 Å². The summed E-state index contributed by atoms with van der Waals surface area (Å²) in [6.07, 6.45) is 8.52. The van der Waals surface area contributed by atoms with Crippen molar-refractivity contribution in [1.29, 1.82) is 0 Å². The summed E-state index contributed by atoms with van der Waals surface area (Å²) in [5.41, 5.74) is 0. The molecule has 21 heavy (non-hydrogen) atoms. The molecule has 0 saturated heterocycles. The lowest BCUT2D eigenvalue weighted by Crippen LogP contribution is -2.44. The van der Waals surface area contributed by atoms with Crippen LogP contribution in [0.15, 0.2) is 4.99 Å². The molecule has 0 bridgehead atoms. The fraction of sp³-hybridized carbons (Fsp3) is 0.875. The Hall–Kier alpha value is -0.940. The highest BCUT2D eigenvalue weighted by Crippen LogP contribution is 2.18. The van der Waals surface area contributed by atoms with Gasteiger partial charge in [-0.3, -0.25) is 14.6 Å². The van der Waals surface area contributed by atoms with Crippen molar-refractivity contribution in [2.45, 2.75) is 77.7 Å². The normalized spacial score (nSPS) is 18.7. The summed E-state index contributed by atoms with van der Waals surface area (Å²) in [7, 11) is 0. The molecule has 1 aliphatic heterocycles. The Morgan fingerprint density at radius 1 is 1.29 bits per heavy atom. The molecule has 0 aromatic rings. The van der Waals surface area contributed by atoms with Crippen LogP contribution < -0.4 is 0 Å². The number of carbonyl (C=O) groups is 1. The first-order chi connectivity index (χ1) is 10.2. The van der Waals surface area contributed by atoms with Crippen molar-refractivity contribution in [3.8, 4) is 0 Å². The second-order valence-corrected chi connectivity index (χ2v) is 5.60. The molecular weight excluding hydrogens is 268 g/mol. The molecule has 1 rings (SSSR count). The van der Waals surface area contributed by atoms with Crippen molar-refractivity contribution in [2.75, 3.05) is 13.2 Å². The third kappa shape index (κ3) is 6.57. The van der Waals surface area contributed by atoms with Crippen LogP contribution in [0.3, 0.4) is 0 Å². The van der Waals surface area contributed by atoms with Gasteiger partial charge < -0.3 is 5.11 Å². The highest BCUT2D eigenvalue weighted by molar-refractivity contribution is 5.97. The van der Waals surface area contributed by atoms with E-state index in [0.29, 0.717) is 6.54 Å². The van der Waals surface area contributed by atoms with E-state index >= 15 is 0 Å². The zero-order chi connectivity index (χ0) is 15.5. The largest absolute Gasteiger partial charge is 0.396 e. The number of nitrogens with zero attached hydrogens (tertiary/aromatic N) is 2. The summed E-state index contributed by atoms with van der Waals surface area (Å²) < 4.78 is 0. The lowest BCUT2D eigenvalue weighted by Gasteiger charge is -2.31. The van der Waals surface area contributed by atoms with Crippen molar-refractivity contribution < 1.29 is 14.7 Å². The number of hydroxylamine groups is 2. The third-order valence-corrected chi connectivity index (χ3v) is 3.65. The van der Waals surface area contributed by atoms with Crippen molar-refractivity contribution in [2.24, 2.45) is 4.99 Å². The molecule has 1 unspecified atom stereocenters. The van der Waals surface area contributed by atoms with E-state index in [-0.39, 0.29) is 25.0 Å². The van der Waals surface area contributed by atoms with Crippen LogP contribution in [0.25, 0.3) is 0 Å². The zero-order valence-electron chi connectivity index (χ0n) is 13.5. The van der Waals surface area contributed by atoms with E-state index in [2.05, 4.69) is 18.8 Å². The molecular formula is C16H30N2O3. The van der Waals surface area contributed by atoms with Gasteiger partial charge in [-0.25, -0.2) is 0 Å². The summed E-state index contributed by atoms with van der Waals surface area (Å²) in [4.78, 5) is 22.5. The van der Waals surface area contributed by atoms with Gasteiger partial charge in [0.2, 0.25) is 0 Å². The number of carbonyl (C=O) groups excluding carboxylic acids is 1. The first-order valence-corrected chi connectivity index (χ1v) is 8.36. The maximum absolute atomic E-state index is 12.1. The molecule has 0 spiro atoms. The molecule has 1 N–H and O–H groups in total. The number of aliphatic hydroxyl groups is 1. The van der Waals surface area contributed by atoms with E-state index in [1.165, 1.54) is 17.9 Å². The Kier molecular flexibility index (Phi) is 9.26. The fourth-order valence-corrected chi connectivity index (χ4v) is 2.39. The maximum Gasteiger partial charge on any atom is 0.254 e. The maximum atomic E-state index is 12.1.